The summed E-state index contributed by atoms with van der Waals surface area (Å²) in [6.45, 7) is 2.07. The van der Waals surface area contributed by atoms with Crippen LogP contribution in [0.15, 0.2) is 11.0 Å². The Morgan fingerprint density at radius 3 is 2.71 bits per heavy atom. The van der Waals surface area contributed by atoms with Crippen molar-refractivity contribution < 1.29 is 28.9 Å². The van der Waals surface area contributed by atoms with Crippen LogP contribution < -0.4 is 11.4 Å². The number of nitrogens with zero attached hydrogens (tertiary/aromatic N) is 2. The number of hydrogen-bond donors (Lipinski definition) is 2. The largest absolute Gasteiger partial charge is 0.463 e. The first kappa shape index (κ1) is 18.2. The van der Waals surface area contributed by atoms with Crippen molar-refractivity contribution in [3.63, 3.8) is 0 Å². The standard InChI is InChI=1S/C13H16ClN3O7/c1-5(18)22-4-8-10(23-6(2)19)9(20)12(24-8)17-3-7(14)11(15)16-13(17)21/h3,8-10,12,20H,4H2,1-2H3,(H2,15,16,21)/t8-,9+,10-,12-/m1/s1. The Hall–Kier alpha value is -2.17. The van der Waals surface area contributed by atoms with Gasteiger partial charge in [-0.25, -0.2) is 4.79 Å². The predicted octanol–water partition coefficient (Wildman–Crippen LogP) is -0.768. The summed E-state index contributed by atoms with van der Waals surface area (Å²) in [5.74, 6) is -1.41. The number of carbonyl (C=O) groups is 2. The molecule has 0 bridgehead atoms. The molecule has 0 spiro atoms. The second-order valence-electron chi connectivity index (χ2n) is 5.10. The van der Waals surface area contributed by atoms with Crippen LogP contribution >= 0.6 is 11.6 Å². The van der Waals surface area contributed by atoms with Gasteiger partial charge in [-0.3, -0.25) is 14.2 Å². The Kier molecular flexibility index (Phi) is 5.42. The molecule has 0 saturated carbocycles. The van der Waals surface area contributed by atoms with E-state index >= 15 is 0 Å². The maximum absolute atomic E-state index is 12.0. The van der Waals surface area contributed by atoms with Crippen molar-refractivity contribution >= 4 is 29.4 Å². The van der Waals surface area contributed by atoms with Gasteiger partial charge in [0.15, 0.2) is 12.3 Å². The Labute approximate surface area is 141 Å². The highest BCUT2D eigenvalue weighted by molar-refractivity contribution is 6.32. The molecule has 3 N–H and O–H groups in total. The minimum atomic E-state index is -1.41. The average molecular weight is 362 g/mol. The van der Waals surface area contributed by atoms with Gasteiger partial charge in [-0.1, -0.05) is 11.6 Å². The highest BCUT2D eigenvalue weighted by atomic mass is 35.5. The van der Waals surface area contributed by atoms with Gasteiger partial charge in [0.1, 0.15) is 24.6 Å². The van der Waals surface area contributed by atoms with Crippen molar-refractivity contribution in [2.45, 2.75) is 38.4 Å². The second-order valence-corrected chi connectivity index (χ2v) is 5.50. The van der Waals surface area contributed by atoms with Gasteiger partial charge >= 0.3 is 17.6 Å². The van der Waals surface area contributed by atoms with E-state index in [0.717, 1.165) is 17.7 Å². The molecule has 1 aliphatic rings. The van der Waals surface area contributed by atoms with Crippen LogP contribution in [0.4, 0.5) is 5.82 Å². The van der Waals surface area contributed by atoms with Crippen LogP contribution in [0.25, 0.3) is 0 Å². The van der Waals surface area contributed by atoms with E-state index in [4.69, 9.17) is 31.5 Å². The number of aromatic nitrogens is 2. The molecule has 1 aliphatic heterocycles. The Morgan fingerprint density at radius 2 is 2.12 bits per heavy atom. The summed E-state index contributed by atoms with van der Waals surface area (Å²) in [6, 6.07) is 0. The van der Waals surface area contributed by atoms with Crippen molar-refractivity contribution in [1.29, 1.82) is 0 Å². The van der Waals surface area contributed by atoms with Crippen molar-refractivity contribution in [3.8, 4) is 0 Å². The molecule has 24 heavy (non-hydrogen) atoms. The zero-order valence-electron chi connectivity index (χ0n) is 12.8. The first-order chi connectivity index (χ1) is 11.2. The van der Waals surface area contributed by atoms with Gasteiger partial charge in [0.05, 0.1) is 5.02 Å². The number of nitrogen functional groups attached to an aromatic ring is 1. The Bertz CT molecular complexity index is 707. The Balaban J connectivity index is 2.31. The molecule has 1 saturated heterocycles. The molecule has 132 valence electrons. The lowest BCUT2D eigenvalue weighted by Gasteiger charge is -2.19. The van der Waals surface area contributed by atoms with Crippen molar-refractivity contribution in [2.75, 3.05) is 12.3 Å². The summed E-state index contributed by atoms with van der Waals surface area (Å²) in [6.07, 6.45) is -3.61. The molecule has 0 amide bonds. The first-order valence-electron chi connectivity index (χ1n) is 6.89. The molecule has 2 rings (SSSR count). The minimum Gasteiger partial charge on any atom is -0.463 e. The summed E-state index contributed by atoms with van der Waals surface area (Å²) in [4.78, 5) is 37.6. The van der Waals surface area contributed by atoms with Gasteiger partial charge in [-0.15, -0.1) is 0 Å². The molecule has 0 radical (unpaired) electrons. The third-order valence-corrected chi connectivity index (χ3v) is 3.56. The topological polar surface area (TPSA) is 143 Å². The number of aliphatic hydroxyl groups excluding tert-OH is 1. The number of rotatable bonds is 4. The SMILES string of the molecule is CC(=O)OC[C@H]1O[C@@H](n2cc(Cl)c(N)nc2=O)[C@@H](O)[C@@H]1OC(C)=O. The van der Waals surface area contributed by atoms with E-state index in [0.29, 0.717) is 0 Å². The summed E-state index contributed by atoms with van der Waals surface area (Å²) in [7, 11) is 0. The zero-order valence-corrected chi connectivity index (χ0v) is 13.6. The van der Waals surface area contributed by atoms with Crippen molar-refractivity contribution in [2.24, 2.45) is 0 Å². The van der Waals surface area contributed by atoms with Crippen LogP contribution in [0.1, 0.15) is 20.1 Å². The number of halogens is 1. The van der Waals surface area contributed by atoms with Crippen molar-refractivity contribution in [3.05, 3.63) is 21.7 Å². The molecule has 0 aliphatic carbocycles. The lowest BCUT2D eigenvalue weighted by atomic mass is 10.1. The highest BCUT2D eigenvalue weighted by Gasteiger charge is 2.47. The molecule has 1 aromatic heterocycles. The molecule has 4 atom stereocenters. The molecular formula is C13H16ClN3O7. The fourth-order valence-electron chi connectivity index (χ4n) is 2.26. The number of esters is 2. The molecule has 0 unspecified atom stereocenters. The number of anilines is 1. The molecule has 10 nitrogen and oxygen atoms in total. The minimum absolute atomic E-state index is 0.0159. The molecule has 1 fully saturated rings. The summed E-state index contributed by atoms with van der Waals surface area (Å²) in [5, 5.41) is 10.4. The van der Waals surface area contributed by atoms with Gasteiger partial charge in [0.25, 0.3) is 0 Å². The summed E-state index contributed by atoms with van der Waals surface area (Å²) < 4.78 is 16.3. The molecular weight excluding hydrogens is 346 g/mol. The second kappa shape index (κ2) is 7.16. The lowest BCUT2D eigenvalue weighted by molar-refractivity contribution is -0.157. The third-order valence-electron chi connectivity index (χ3n) is 3.27. The maximum Gasteiger partial charge on any atom is 0.351 e. The van der Waals surface area contributed by atoms with E-state index < -0.39 is 42.2 Å². The van der Waals surface area contributed by atoms with Gasteiger partial charge in [-0.2, -0.15) is 4.98 Å². The van der Waals surface area contributed by atoms with Gasteiger partial charge in [-0.05, 0) is 0 Å². The van der Waals surface area contributed by atoms with Crippen molar-refractivity contribution in [1.82, 2.24) is 9.55 Å². The van der Waals surface area contributed by atoms with Crippen LogP contribution in [0.3, 0.4) is 0 Å². The monoisotopic (exact) mass is 361 g/mol. The summed E-state index contributed by atoms with van der Waals surface area (Å²) in [5.41, 5.74) is 4.63. The van der Waals surface area contributed by atoms with Crippen LogP contribution in [0, 0.1) is 0 Å². The number of ether oxygens (including phenoxy) is 3. The normalized spacial score (nSPS) is 26.2. The van der Waals surface area contributed by atoms with Crippen LogP contribution in [0.2, 0.25) is 5.02 Å². The fourth-order valence-corrected chi connectivity index (χ4v) is 2.41. The smallest absolute Gasteiger partial charge is 0.351 e. The van der Waals surface area contributed by atoms with E-state index in [1.54, 1.807) is 0 Å². The first-order valence-corrected chi connectivity index (χ1v) is 7.26. The van der Waals surface area contributed by atoms with Crippen LogP contribution in [0.5, 0.6) is 0 Å². The average Bonchev–Trinajstić information content (AvgIpc) is 2.77. The molecule has 11 heteroatoms. The van der Waals surface area contributed by atoms with E-state index in [1.165, 1.54) is 6.92 Å². The van der Waals surface area contributed by atoms with E-state index in [9.17, 15) is 19.5 Å². The number of hydrogen-bond acceptors (Lipinski definition) is 9. The van der Waals surface area contributed by atoms with E-state index in [-0.39, 0.29) is 17.4 Å². The highest BCUT2D eigenvalue weighted by Crippen LogP contribution is 2.31. The van der Waals surface area contributed by atoms with Gasteiger partial charge in [0, 0.05) is 20.0 Å². The van der Waals surface area contributed by atoms with E-state index in [1.807, 2.05) is 0 Å². The van der Waals surface area contributed by atoms with Crippen LogP contribution in [-0.4, -0.2) is 51.5 Å². The molecule has 1 aromatic rings. The van der Waals surface area contributed by atoms with Gasteiger partial charge in [0.2, 0.25) is 0 Å². The molecule has 2 heterocycles. The number of aliphatic hydroxyl groups is 1. The fraction of sp³-hybridized carbons (Fsp3) is 0.538. The predicted molar refractivity (Wildman–Crippen MR) is 80.0 cm³/mol. The quantitative estimate of drug-likeness (QED) is 0.660. The van der Waals surface area contributed by atoms with Gasteiger partial charge < -0.3 is 25.1 Å². The maximum atomic E-state index is 12.0. The number of nitrogens with two attached hydrogens (primary N) is 1. The third kappa shape index (κ3) is 3.83. The zero-order chi connectivity index (χ0) is 18.0. The van der Waals surface area contributed by atoms with E-state index in [2.05, 4.69) is 4.98 Å². The molecule has 0 aromatic carbocycles. The number of carbonyl (C=O) groups excluding carboxylic acids is 2. The Morgan fingerprint density at radius 1 is 1.46 bits per heavy atom. The van der Waals surface area contributed by atoms with Crippen LogP contribution in [-0.2, 0) is 23.8 Å². The summed E-state index contributed by atoms with van der Waals surface area (Å²) >= 11 is 5.83. The lowest BCUT2D eigenvalue weighted by Crippen LogP contribution is -2.39.